The fourth-order valence-corrected chi connectivity index (χ4v) is 3.91. The summed E-state index contributed by atoms with van der Waals surface area (Å²) in [5.74, 6) is 0. The second-order valence-corrected chi connectivity index (χ2v) is 6.23. The minimum absolute atomic E-state index is 0.411. The van der Waals surface area contributed by atoms with Crippen LogP contribution in [0.3, 0.4) is 0 Å². The second kappa shape index (κ2) is 4.25. The predicted octanol–water partition coefficient (Wildman–Crippen LogP) is 2.88. The van der Waals surface area contributed by atoms with Gasteiger partial charge in [-0.05, 0) is 53.5 Å². The minimum Gasteiger partial charge on any atom is -0.305 e. The molecule has 4 heteroatoms. The van der Waals surface area contributed by atoms with Crippen LogP contribution in [-0.4, -0.2) is 7.11 Å². The highest BCUT2D eigenvalue weighted by molar-refractivity contribution is 14.1. The van der Waals surface area contributed by atoms with Gasteiger partial charge in [-0.15, -0.1) is 11.3 Å². The molecule has 72 valence electrons. The van der Waals surface area contributed by atoms with Crippen LogP contribution in [0.2, 0.25) is 0 Å². The van der Waals surface area contributed by atoms with Crippen molar-refractivity contribution in [2.75, 3.05) is 7.11 Å². The van der Waals surface area contributed by atoms with E-state index in [1.165, 1.54) is 32.6 Å². The lowest BCUT2D eigenvalue weighted by atomic mass is 9.95. The van der Waals surface area contributed by atoms with Gasteiger partial charge in [-0.3, -0.25) is 0 Å². The number of halogens is 1. The summed E-state index contributed by atoms with van der Waals surface area (Å²) in [5, 5.41) is 0. The van der Waals surface area contributed by atoms with Crippen LogP contribution in [0, 0.1) is 2.88 Å². The maximum Gasteiger partial charge on any atom is 0.0659 e. The standard InChI is InChI=1S/C9H12INOS/c1-12-11-7-3-2-4-8-6(7)5-9(10)13-8/h5,7,11H,2-4H2,1H3. The number of aryl methyl sites for hydroxylation is 1. The zero-order valence-corrected chi connectivity index (χ0v) is 10.4. The first kappa shape index (κ1) is 9.89. The molecular weight excluding hydrogens is 297 g/mol. The molecule has 1 aliphatic carbocycles. The van der Waals surface area contributed by atoms with Crippen molar-refractivity contribution < 1.29 is 4.84 Å². The molecule has 0 aliphatic heterocycles. The number of hydroxylamine groups is 1. The van der Waals surface area contributed by atoms with Crippen molar-refractivity contribution >= 4 is 33.9 Å². The van der Waals surface area contributed by atoms with Gasteiger partial charge in [0.2, 0.25) is 0 Å². The van der Waals surface area contributed by atoms with E-state index in [1.807, 2.05) is 11.3 Å². The molecule has 1 heterocycles. The Labute approximate surface area is 95.8 Å². The summed E-state index contributed by atoms with van der Waals surface area (Å²) in [4.78, 5) is 6.53. The lowest BCUT2D eigenvalue weighted by Crippen LogP contribution is -2.22. The van der Waals surface area contributed by atoms with Crippen LogP contribution in [0.25, 0.3) is 0 Å². The average Bonchev–Trinajstić information content (AvgIpc) is 2.47. The number of hydrogen-bond donors (Lipinski definition) is 1. The Balaban J connectivity index is 2.25. The SMILES string of the molecule is CONC1CCCc2sc(I)cc21. The van der Waals surface area contributed by atoms with Crippen molar-refractivity contribution in [2.24, 2.45) is 0 Å². The Morgan fingerprint density at radius 1 is 1.69 bits per heavy atom. The topological polar surface area (TPSA) is 21.3 Å². The molecule has 1 aromatic heterocycles. The van der Waals surface area contributed by atoms with E-state index in [-0.39, 0.29) is 0 Å². The molecule has 1 N–H and O–H groups in total. The Morgan fingerprint density at radius 2 is 2.54 bits per heavy atom. The molecule has 2 nitrogen and oxygen atoms in total. The van der Waals surface area contributed by atoms with Crippen LogP contribution in [0.1, 0.15) is 29.3 Å². The Morgan fingerprint density at radius 3 is 3.31 bits per heavy atom. The summed E-state index contributed by atoms with van der Waals surface area (Å²) < 4.78 is 1.38. The van der Waals surface area contributed by atoms with Gasteiger partial charge >= 0.3 is 0 Å². The molecule has 1 aromatic rings. The van der Waals surface area contributed by atoms with Crippen molar-refractivity contribution in [3.05, 3.63) is 19.4 Å². The fourth-order valence-electron chi connectivity index (χ4n) is 1.79. The van der Waals surface area contributed by atoms with Crippen molar-refractivity contribution in [3.63, 3.8) is 0 Å². The van der Waals surface area contributed by atoms with Gasteiger partial charge in [0.1, 0.15) is 0 Å². The van der Waals surface area contributed by atoms with Crippen molar-refractivity contribution in [3.8, 4) is 0 Å². The molecule has 13 heavy (non-hydrogen) atoms. The summed E-state index contributed by atoms with van der Waals surface area (Å²) in [6, 6.07) is 2.68. The maximum atomic E-state index is 5.00. The van der Waals surface area contributed by atoms with E-state index in [9.17, 15) is 0 Å². The third kappa shape index (κ3) is 2.06. The average molecular weight is 309 g/mol. The lowest BCUT2D eigenvalue weighted by Gasteiger charge is -2.22. The van der Waals surface area contributed by atoms with Crippen LogP contribution >= 0.6 is 33.9 Å². The second-order valence-electron chi connectivity index (χ2n) is 3.20. The molecular formula is C9H12INOS. The first-order chi connectivity index (χ1) is 6.31. The maximum absolute atomic E-state index is 5.00. The first-order valence-corrected chi connectivity index (χ1v) is 6.27. The molecule has 0 bridgehead atoms. The smallest absolute Gasteiger partial charge is 0.0659 e. The van der Waals surface area contributed by atoms with E-state index in [1.54, 1.807) is 7.11 Å². The zero-order valence-electron chi connectivity index (χ0n) is 7.47. The highest BCUT2D eigenvalue weighted by atomic mass is 127. The van der Waals surface area contributed by atoms with Gasteiger partial charge in [-0.25, -0.2) is 0 Å². The molecule has 1 unspecified atom stereocenters. The van der Waals surface area contributed by atoms with Crippen molar-refractivity contribution in [1.29, 1.82) is 0 Å². The highest BCUT2D eigenvalue weighted by Crippen LogP contribution is 2.36. The monoisotopic (exact) mass is 309 g/mol. The highest BCUT2D eigenvalue weighted by Gasteiger charge is 2.22. The van der Waals surface area contributed by atoms with Crippen LogP contribution in [0.15, 0.2) is 6.07 Å². The summed E-state index contributed by atoms with van der Waals surface area (Å²) in [5.41, 5.74) is 4.50. The molecule has 0 fully saturated rings. The van der Waals surface area contributed by atoms with Crippen LogP contribution in [0.4, 0.5) is 0 Å². The van der Waals surface area contributed by atoms with Gasteiger partial charge in [0.15, 0.2) is 0 Å². The van der Waals surface area contributed by atoms with Gasteiger partial charge < -0.3 is 4.84 Å². The molecule has 0 aromatic carbocycles. The van der Waals surface area contributed by atoms with Gasteiger partial charge in [-0.1, -0.05) is 0 Å². The molecule has 0 amide bonds. The van der Waals surface area contributed by atoms with Crippen LogP contribution in [-0.2, 0) is 11.3 Å². The van der Waals surface area contributed by atoms with E-state index in [0.29, 0.717) is 6.04 Å². The Kier molecular flexibility index (Phi) is 3.23. The summed E-state index contributed by atoms with van der Waals surface area (Å²) >= 11 is 4.30. The third-order valence-electron chi connectivity index (χ3n) is 2.34. The van der Waals surface area contributed by atoms with Gasteiger partial charge in [0.25, 0.3) is 0 Å². The zero-order chi connectivity index (χ0) is 9.26. The predicted molar refractivity (Wildman–Crippen MR) is 62.9 cm³/mol. The van der Waals surface area contributed by atoms with E-state index < -0.39 is 0 Å². The van der Waals surface area contributed by atoms with Gasteiger partial charge in [-0.2, -0.15) is 5.48 Å². The quantitative estimate of drug-likeness (QED) is 0.670. The first-order valence-electron chi connectivity index (χ1n) is 4.38. The molecule has 0 saturated heterocycles. The third-order valence-corrected chi connectivity index (χ3v) is 4.31. The fraction of sp³-hybridized carbons (Fsp3) is 0.556. The summed E-state index contributed by atoms with van der Waals surface area (Å²) in [6.07, 6.45) is 3.70. The molecule has 1 atom stereocenters. The molecule has 2 rings (SSSR count). The van der Waals surface area contributed by atoms with Gasteiger partial charge in [0.05, 0.1) is 16.0 Å². The number of hydrogen-bond acceptors (Lipinski definition) is 3. The van der Waals surface area contributed by atoms with Gasteiger partial charge in [0, 0.05) is 4.88 Å². The summed E-state index contributed by atoms with van der Waals surface area (Å²) in [7, 11) is 1.69. The molecule has 0 saturated carbocycles. The minimum atomic E-state index is 0.411. The largest absolute Gasteiger partial charge is 0.305 e. The number of thiophene rings is 1. The molecule has 1 aliphatic rings. The normalized spacial score (nSPS) is 21.5. The van der Waals surface area contributed by atoms with Crippen molar-refractivity contribution in [2.45, 2.75) is 25.3 Å². The summed E-state index contributed by atoms with van der Waals surface area (Å²) in [6.45, 7) is 0. The number of rotatable bonds is 2. The van der Waals surface area contributed by atoms with E-state index in [4.69, 9.17) is 4.84 Å². The van der Waals surface area contributed by atoms with E-state index in [0.717, 1.165) is 0 Å². The van der Waals surface area contributed by atoms with E-state index in [2.05, 4.69) is 34.1 Å². The number of fused-ring (bicyclic) bond motifs is 1. The Hall–Kier alpha value is 0.350. The van der Waals surface area contributed by atoms with E-state index >= 15 is 0 Å². The van der Waals surface area contributed by atoms with Crippen molar-refractivity contribution in [1.82, 2.24) is 5.48 Å². The Bertz CT molecular complexity index is 300. The number of nitrogens with one attached hydrogen (secondary N) is 1. The van der Waals surface area contributed by atoms with Crippen LogP contribution in [0.5, 0.6) is 0 Å². The lowest BCUT2D eigenvalue weighted by molar-refractivity contribution is 0.0554. The van der Waals surface area contributed by atoms with Crippen LogP contribution < -0.4 is 5.48 Å². The molecule has 0 radical (unpaired) electrons. The molecule has 0 spiro atoms.